The van der Waals surface area contributed by atoms with E-state index in [0.29, 0.717) is 6.04 Å². The zero-order chi connectivity index (χ0) is 19.6. The number of halogens is 1. The molecule has 1 atom stereocenters. The summed E-state index contributed by atoms with van der Waals surface area (Å²) in [6.45, 7) is 11.9. The lowest BCUT2D eigenvalue weighted by atomic mass is 10.0. The molecule has 1 aromatic carbocycles. The average Bonchev–Trinajstić information content (AvgIpc) is 2.59. The average molecular weight is 431 g/mol. The van der Waals surface area contributed by atoms with Crippen LogP contribution in [0.2, 0.25) is 0 Å². The van der Waals surface area contributed by atoms with Crippen LogP contribution in [0.4, 0.5) is 17.3 Å². The summed E-state index contributed by atoms with van der Waals surface area (Å²) in [5.74, 6) is 2.93. The van der Waals surface area contributed by atoms with E-state index < -0.39 is 0 Å². The molecule has 1 aromatic heterocycles. The Labute approximate surface area is 171 Å². The Balaban J connectivity index is 2.01. The Morgan fingerprint density at radius 1 is 1.19 bits per heavy atom. The number of benzene rings is 1. The van der Waals surface area contributed by atoms with Gasteiger partial charge in [-0.15, -0.1) is 0 Å². The van der Waals surface area contributed by atoms with Crippen LogP contribution in [0.3, 0.4) is 0 Å². The number of nitrogens with one attached hydrogen (secondary N) is 1. The number of fused-ring (bicyclic) bond motifs is 1. The lowest BCUT2D eigenvalue weighted by Gasteiger charge is -2.34. The van der Waals surface area contributed by atoms with Gasteiger partial charge < -0.3 is 10.2 Å². The van der Waals surface area contributed by atoms with Crippen molar-refractivity contribution in [2.24, 2.45) is 0 Å². The van der Waals surface area contributed by atoms with E-state index in [1.165, 1.54) is 41.6 Å². The van der Waals surface area contributed by atoms with Crippen molar-refractivity contribution in [3.8, 4) is 0 Å². The molecule has 0 radical (unpaired) electrons. The van der Waals surface area contributed by atoms with Crippen molar-refractivity contribution in [1.82, 2.24) is 9.97 Å². The predicted molar refractivity (Wildman–Crippen MR) is 118 cm³/mol. The van der Waals surface area contributed by atoms with Gasteiger partial charge in [0, 0.05) is 28.3 Å². The van der Waals surface area contributed by atoms with Crippen LogP contribution in [0.1, 0.15) is 62.0 Å². The van der Waals surface area contributed by atoms with Crippen LogP contribution in [-0.2, 0) is 6.42 Å². The van der Waals surface area contributed by atoms with Crippen LogP contribution < -0.4 is 10.2 Å². The molecular weight excluding hydrogens is 400 g/mol. The van der Waals surface area contributed by atoms with Crippen LogP contribution in [0.5, 0.6) is 0 Å². The van der Waals surface area contributed by atoms with Gasteiger partial charge in [-0.1, -0.05) is 35.7 Å². The molecule has 0 saturated heterocycles. The summed E-state index contributed by atoms with van der Waals surface area (Å²) in [5, 5.41) is 3.67. The Hall–Kier alpha value is -1.62. The molecule has 1 N–H and O–H groups in total. The zero-order valence-electron chi connectivity index (χ0n) is 17.2. The van der Waals surface area contributed by atoms with E-state index in [9.17, 15) is 0 Å². The minimum Gasteiger partial charge on any atom is -0.367 e. The van der Waals surface area contributed by atoms with Gasteiger partial charge >= 0.3 is 0 Å². The monoisotopic (exact) mass is 430 g/mol. The lowest BCUT2D eigenvalue weighted by Crippen LogP contribution is -2.29. The van der Waals surface area contributed by atoms with Crippen molar-refractivity contribution in [3.05, 3.63) is 39.1 Å². The van der Waals surface area contributed by atoms with E-state index in [1.54, 1.807) is 0 Å². The second-order valence-corrected chi connectivity index (χ2v) is 8.67. The van der Waals surface area contributed by atoms with Gasteiger partial charge in [-0.25, -0.2) is 9.97 Å². The topological polar surface area (TPSA) is 41.1 Å². The molecule has 0 aliphatic carbocycles. The number of aryl methyl sites for hydroxylation is 3. The molecule has 146 valence electrons. The molecule has 0 amide bonds. The fraction of sp³-hybridized carbons (Fsp3) is 0.545. The summed E-state index contributed by atoms with van der Waals surface area (Å²) >= 11 is 3.62. The summed E-state index contributed by atoms with van der Waals surface area (Å²) in [6, 6.07) is 4.81. The summed E-state index contributed by atoms with van der Waals surface area (Å²) < 4.78 is 1.13. The molecule has 3 rings (SSSR count). The second kappa shape index (κ2) is 8.59. The molecule has 2 aromatic rings. The third-order valence-electron chi connectivity index (χ3n) is 5.26. The number of hydrogen-bond donors (Lipinski definition) is 1. The Bertz CT molecular complexity index is 795. The van der Waals surface area contributed by atoms with Gasteiger partial charge in [0.25, 0.3) is 0 Å². The number of unbranched alkanes of at least 4 members (excludes halogenated alkanes) is 1. The molecule has 1 unspecified atom stereocenters. The number of aromatic nitrogens is 2. The maximum atomic E-state index is 4.87. The minimum absolute atomic E-state index is 0.426. The van der Waals surface area contributed by atoms with Crippen molar-refractivity contribution in [1.29, 1.82) is 0 Å². The second-order valence-electron chi connectivity index (χ2n) is 7.75. The third-order valence-corrected chi connectivity index (χ3v) is 5.72. The van der Waals surface area contributed by atoms with Gasteiger partial charge in [0.2, 0.25) is 0 Å². The normalized spacial score (nSPS) is 14.8. The van der Waals surface area contributed by atoms with Crippen LogP contribution in [0, 0.1) is 20.8 Å². The third kappa shape index (κ3) is 4.45. The van der Waals surface area contributed by atoms with E-state index in [1.807, 2.05) is 6.92 Å². The van der Waals surface area contributed by atoms with E-state index >= 15 is 0 Å². The highest BCUT2D eigenvalue weighted by atomic mass is 79.9. The quantitative estimate of drug-likeness (QED) is 0.588. The summed E-state index contributed by atoms with van der Waals surface area (Å²) in [6.07, 6.45) is 5.78. The number of nitrogens with zero attached hydrogens (tertiary/aromatic N) is 3. The van der Waals surface area contributed by atoms with Crippen molar-refractivity contribution < 1.29 is 0 Å². The molecule has 4 nitrogen and oxygen atoms in total. The van der Waals surface area contributed by atoms with E-state index in [4.69, 9.17) is 9.97 Å². The van der Waals surface area contributed by atoms with Gasteiger partial charge in [0.1, 0.15) is 17.5 Å². The van der Waals surface area contributed by atoms with Gasteiger partial charge in [-0.05, 0) is 70.2 Å². The molecule has 0 spiro atoms. The van der Waals surface area contributed by atoms with E-state index in [-0.39, 0.29) is 0 Å². The minimum atomic E-state index is 0.426. The highest BCUT2D eigenvalue weighted by Gasteiger charge is 2.26. The van der Waals surface area contributed by atoms with Crippen LogP contribution in [-0.4, -0.2) is 22.6 Å². The molecule has 0 saturated carbocycles. The van der Waals surface area contributed by atoms with Crippen LogP contribution in [0.25, 0.3) is 0 Å². The first-order valence-corrected chi connectivity index (χ1v) is 10.9. The first-order chi connectivity index (χ1) is 12.9. The van der Waals surface area contributed by atoms with Gasteiger partial charge in [-0.2, -0.15) is 0 Å². The smallest absolute Gasteiger partial charge is 0.142 e. The molecule has 0 fully saturated rings. The van der Waals surface area contributed by atoms with Crippen LogP contribution in [0.15, 0.2) is 16.6 Å². The predicted octanol–water partition coefficient (Wildman–Crippen LogP) is 6.24. The maximum Gasteiger partial charge on any atom is 0.142 e. The number of anilines is 3. The first-order valence-electron chi connectivity index (χ1n) is 10.1. The van der Waals surface area contributed by atoms with Crippen molar-refractivity contribution in [3.63, 3.8) is 0 Å². The Morgan fingerprint density at radius 2 is 1.89 bits per heavy atom. The molecule has 2 heterocycles. The zero-order valence-corrected chi connectivity index (χ0v) is 18.8. The van der Waals surface area contributed by atoms with Gasteiger partial charge in [0.15, 0.2) is 0 Å². The standard InChI is InChI=1S/C22H31BrN4/c1-6-7-9-16(4)24-21-19-10-8-11-27(22(19)26-17(5)25-21)20-14(2)12-18(23)13-15(20)3/h12-13,16H,6-11H2,1-5H3,(H,24,25,26). The molecule has 27 heavy (non-hydrogen) atoms. The van der Waals surface area contributed by atoms with Gasteiger partial charge in [-0.3, -0.25) is 0 Å². The Kier molecular flexibility index (Phi) is 6.40. The fourth-order valence-electron chi connectivity index (χ4n) is 4.04. The maximum absolute atomic E-state index is 4.87. The summed E-state index contributed by atoms with van der Waals surface area (Å²) in [4.78, 5) is 12.0. The van der Waals surface area contributed by atoms with Crippen molar-refractivity contribution >= 4 is 33.3 Å². The SMILES string of the molecule is CCCCC(C)Nc1nc(C)nc2c1CCCN2c1c(C)cc(Br)cc1C. The lowest BCUT2D eigenvalue weighted by molar-refractivity contribution is 0.639. The molecular formula is C22H31BrN4. The fourth-order valence-corrected chi connectivity index (χ4v) is 4.72. The van der Waals surface area contributed by atoms with E-state index in [0.717, 1.165) is 41.3 Å². The van der Waals surface area contributed by atoms with Crippen LogP contribution >= 0.6 is 15.9 Å². The molecule has 5 heteroatoms. The number of rotatable bonds is 6. The highest BCUT2D eigenvalue weighted by Crippen LogP contribution is 2.39. The first kappa shape index (κ1) is 20.1. The van der Waals surface area contributed by atoms with Crippen molar-refractivity contribution in [2.45, 2.75) is 72.8 Å². The molecule has 1 aliphatic rings. The summed E-state index contributed by atoms with van der Waals surface area (Å²) in [5.41, 5.74) is 5.09. The molecule has 1 aliphatic heterocycles. The Morgan fingerprint density at radius 3 is 2.56 bits per heavy atom. The van der Waals surface area contributed by atoms with Crippen molar-refractivity contribution in [2.75, 3.05) is 16.8 Å². The molecule has 0 bridgehead atoms. The number of hydrogen-bond acceptors (Lipinski definition) is 4. The van der Waals surface area contributed by atoms with Gasteiger partial charge in [0.05, 0.1) is 0 Å². The summed E-state index contributed by atoms with van der Waals surface area (Å²) in [7, 11) is 0. The largest absolute Gasteiger partial charge is 0.367 e. The highest BCUT2D eigenvalue weighted by molar-refractivity contribution is 9.10. The van der Waals surface area contributed by atoms with E-state index in [2.05, 4.69) is 66.0 Å².